The lowest BCUT2D eigenvalue weighted by atomic mass is 10.1. The summed E-state index contributed by atoms with van der Waals surface area (Å²) in [6, 6.07) is 5.78. The van der Waals surface area contributed by atoms with Crippen molar-refractivity contribution in [2.45, 2.75) is 12.3 Å². The summed E-state index contributed by atoms with van der Waals surface area (Å²) >= 11 is 0. The number of methoxy groups -OCH3 is 1. The van der Waals surface area contributed by atoms with E-state index in [1.165, 1.54) is 19.4 Å². The number of alkyl halides is 3. The molecular weight excluding hydrogens is 361 g/mol. The van der Waals surface area contributed by atoms with Gasteiger partial charge in [-0.05, 0) is 24.3 Å². The molecule has 9 heteroatoms. The predicted molar refractivity (Wildman–Crippen MR) is 94.1 cm³/mol. The Bertz CT molecular complexity index is 917. The van der Waals surface area contributed by atoms with Crippen molar-refractivity contribution in [1.29, 1.82) is 0 Å². The minimum atomic E-state index is -4.44. The molecule has 3 heterocycles. The number of aromatic nitrogens is 3. The van der Waals surface area contributed by atoms with Crippen LogP contribution in [-0.2, 0) is 10.9 Å². The molecule has 2 N–H and O–H groups in total. The molecule has 27 heavy (non-hydrogen) atoms. The normalized spacial score (nSPS) is 12.9. The Morgan fingerprint density at radius 3 is 2.63 bits per heavy atom. The van der Waals surface area contributed by atoms with Crippen LogP contribution in [0.25, 0.3) is 22.2 Å². The van der Waals surface area contributed by atoms with E-state index in [4.69, 9.17) is 4.74 Å². The van der Waals surface area contributed by atoms with Gasteiger partial charge >= 0.3 is 6.18 Å². The SMILES string of the molecule is COCC(O)CNc1ncc(-c2ccc(C(F)(F)F)cn2)c2ncccc12. The topological polar surface area (TPSA) is 80.2 Å². The molecule has 3 aromatic heterocycles. The summed E-state index contributed by atoms with van der Waals surface area (Å²) in [5, 5.41) is 13.5. The van der Waals surface area contributed by atoms with Crippen molar-refractivity contribution in [1.82, 2.24) is 15.0 Å². The second-order valence-electron chi connectivity index (χ2n) is 5.84. The maximum absolute atomic E-state index is 12.7. The van der Waals surface area contributed by atoms with Crippen molar-refractivity contribution in [2.24, 2.45) is 0 Å². The quantitative estimate of drug-likeness (QED) is 0.686. The van der Waals surface area contributed by atoms with Crippen molar-refractivity contribution in [3.8, 4) is 11.3 Å². The molecule has 3 aromatic rings. The molecule has 1 unspecified atom stereocenters. The number of pyridine rings is 3. The number of halogens is 3. The summed E-state index contributed by atoms with van der Waals surface area (Å²) in [7, 11) is 1.49. The Kier molecular flexibility index (Phi) is 5.52. The molecule has 6 nitrogen and oxygen atoms in total. The van der Waals surface area contributed by atoms with E-state index in [2.05, 4.69) is 20.3 Å². The minimum absolute atomic E-state index is 0.177. The average Bonchev–Trinajstić information content (AvgIpc) is 2.66. The summed E-state index contributed by atoms with van der Waals surface area (Å²) in [5.74, 6) is 0.504. The maximum Gasteiger partial charge on any atom is 0.417 e. The minimum Gasteiger partial charge on any atom is -0.389 e. The Morgan fingerprint density at radius 1 is 1.15 bits per heavy atom. The van der Waals surface area contributed by atoms with Crippen LogP contribution in [0, 0.1) is 0 Å². The lowest BCUT2D eigenvalue weighted by Gasteiger charge is -2.14. The van der Waals surface area contributed by atoms with Gasteiger partial charge in [0.25, 0.3) is 0 Å². The van der Waals surface area contributed by atoms with Gasteiger partial charge in [-0.1, -0.05) is 0 Å². The van der Waals surface area contributed by atoms with Crippen LogP contribution in [0.5, 0.6) is 0 Å². The highest BCUT2D eigenvalue weighted by Gasteiger charge is 2.30. The number of nitrogens with zero attached hydrogens (tertiary/aromatic N) is 3. The van der Waals surface area contributed by atoms with Gasteiger partial charge in [0.05, 0.1) is 29.5 Å². The first-order chi connectivity index (χ1) is 12.9. The summed E-state index contributed by atoms with van der Waals surface area (Å²) < 4.78 is 43.1. The van der Waals surface area contributed by atoms with Gasteiger partial charge in [-0.2, -0.15) is 13.2 Å². The number of hydrogen-bond acceptors (Lipinski definition) is 6. The van der Waals surface area contributed by atoms with Crippen LogP contribution in [0.4, 0.5) is 19.0 Å². The Hall–Kier alpha value is -2.78. The standard InChI is InChI=1S/C18H17F3N4O2/c1-27-10-12(26)8-24-17-13-3-2-6-22-16(13)14(9-25-17)15-5-4-11(7-23-15)18(19,20)21/h2-7,9,12,26H,8,10H2,1H3,(H,24,25). The summed E-state index contributed by atoms with van der Waals surface area (Å²) in [6.07, 6.45) is -1.28. The first-order valence-corrected chi connectivity index (χ1v) is 8.08. The number of ether oxygens (including phenoxy) is 1. The molecule has 1 atom stereocenters. The van der Waals surface area contributed by atoms with Gasteiger partial charge in [0.1, 0.15) is 5.82 Å². The fraction of sp³-hybridized carbons (Fsp3) is 0.278. The molecule has 0 aliphatic carbocycles. The van der Waals surface area contributed by atoms with Crippen LogP contribution >= 0.6 is 0 Å². The first kappa shape index (κ1) is 19.0. The van der Waals surface area contributed by atoms with E-state index >= 15 is 0 Å². The molecule has 0 saturated heterocycles. The molecule has 0 radical (unpaired) electrons. The lowest BCUT2D eigenvalue weighted by Crippen LogP contribution is -2.24. The number of nitrogens with one attached hydrogen (secondary N) is 1. The third-order valence-corrected chi connectivity index (χ3v) is 3.87. The van der Waals surface area contributed by atoms with Crippen LogP contribution in [0.15, 0.2) is 42.9 Å². The molecule has 0 amide bonds. The third kappa shape index (κ3) is 4.32. The highest BCUT2D eigenvalue weighted by atomic mass is 19.4. The summed E-state index contributed by atoms with van der Waals surface area (Å²) in [6.45, 7) is 0.402. The van der Waals surface area contributed by atoms with E-state index < -0.39 is 17.8 Å². The van der Waals surface area contributed by atoms with Crippen LogP contribution in [0.2, 0.25) is 0 Å². The fourth-order valence-electron chi connectivity index (χ4n) is 2.59. The lowest BCUT2D eigenvalue weighted by molar-refractivity contribution is -0.137. The van der Waals surface area contributed by atoms with E-state index in [0.29, 0.717) is 28.0 Å². The summed E-state index contributed by atoms with van der Waals surface area (Å²) in [4.78, 5) is 12.6. The highest BCUT2D eigenvalue weighted by Crippen LogP contribution is 2.32. The molecular formula is C18H17F3N4O2. The van der Waals surface area contributed by atoms with Crippen molar-refractivity contribution < 1.29 is 23.0 Å². The monoisotopic (exact) mass is 378 g/mol. The molecule has 0 saturated carbocycles. The van der Waals surface area contributed by atoms with Gasteiger partial charge in [0.15, 0.2) is 0 Å². The van der Waals surface area contributed by atoms with E-state index in [1.807, 2.05) is 0 Å². The Morgan fingerprint density at radius 2 is 1.96 bits per heavy atom. The van der Waals surface area contributed by atoms with Gasteiger partial charge in [-0.25, -0.2) is 4.98 Å². The number of aliphatic hydroxyl groups excluding tert-OH is 1. The fourth-order valence-corrected chi connectivity index (χ4v) is 2.59. The Labute approximate surface area is 153 Å². The molecule has 0 aliphatic heterocycles. The van der Waals surface area contributed by atoms with Gasteiger partial charge in [0, 0.05) is 43.2 Å². The maximum atomic E-state index is 12.7. The molecule has 0 fully saturated rings. The molecule has 3 rings (SSSR count). The van der Waals surface area contributed by atoms with Crippen LogP contribution in [-0.4, -0.2) is 46.4 Å². The zero-order chi connectivity index (χ0) is 19.4. The van der Waals surface area contributed by atoms with E-state index in [9.17, 15) is 18.3 Å². The molecule has 142 valence electrons. The van der Waals surface area contributed by atoms with Crippen LogP contribution in [0.1, 0.15) is 5.56 Å². The Balaban J connectivity index is 1.95. The molecule has 0 bridgehead atoms. The predicted octanol–water partition coefficient (Wildman–Crippen LogP) is 3.13. The van der Waals surface area contributed by atoms with Gasteiger partial charge in [-0.15, -0.1) is 0 Å². The van der Waals surface area contributed by atoms with Crippen LogP contribution in [0.3, 0.4) is 0 Å². The second-order valence-corrected chi connectivity index (χ2v) is 5.84. The summed E-state index contributed by atoms with van der Waals surface area (Å²) in [5.41, 5.74) is 0.581. The van der Waals surface area contributed by atoms with Crippen LogP contribution < -0.4 is 5.32 Å². The smallest absolute Gasteiger partial charge is 0.389 e. The average molecular weight is 378 g/mol. The van der Waals surface area contributed by atoms with E-state index in [-0.39, 0.29) is 13.2 Å². The van der Waals surface area contributed by atoms with E-state index in [0.717, 1.165) is 12.3 Å². The molecule has 0 aliphatic rings. The van der Waals surface area contributed by atoms with E-state index in [1.54, 1.807) is 18.3 Å². The number of anilines is 1. The molecule has 0 spiro atoms. The highest BCUT2D eigenvalue weighted by molar-refractivity contribution is 5.98. The number of hydrogen-bond donors (Lipinski definition) is 2. The van der Waals surface area contributed by atoms with Crippen molar-refractivity contribution in [3.63, 3.8) is 0 Å². The van der Waals surface area contributed by atoms with Gasteiger partial charge < -0.3 is 15.2 Å². The number of fused-ring (bicyclic) bond motifs is 1. The van der Waals surface area contributed by atoms with Gasteiger partial charge in [0.2, 0.25) is 0 Å². The zero-order valence-corrected chi connectivity index (χ0v) is 14.4. The van der Waals surface area contributed by atoms with Crippen molar-refractivity contribution in [2.75, 3.05) is 25.6 Å². The largest absolute Gasteiger partial charge is 0.417 e. The number of rotatable bonds is 6. The second kappa shape index (κ2) is 7.85. The van der Waals surface area contributed by atoms with Crippen molar-refractivity contribution in [3.05, 3.63) is 48.4 Å². The van der Waals surface area contributed by atoms with Gasteiger partial charge in [-0.3, -0.25) is 9.97 Å². The molecule has 0 aromatic carbocycles. The third-order valence-electron chi connectivity index (χ3n) is 3.87. The first-order valence-electron chi connectivity index (χ1n) is 8.08. The number of aliphatic hydroxyl groups is 1. The zero-order valence-electron chi connectivity index (χ0n) is 14.4. The van der Waals surface area contributed by atoms with Crippen molar-refractivity contribution >= 4 is 16.7 Å².